The highest BCUT2D eigenvalue weighted by molar-refractivity contribution is 5.76. The van der Waals surface area contributed by atoms with Crippen molar-refractivity contribution < 1.29 is 9.53 Å². The first-order valence-corrected chi connectivity index (χ1v) is 7.83. The van der Waals surface area contributed by atoms with Crippen LogP contribution in [0, 0.1) is 6.92 Å². The molecule has 1 unspecified atom stereocenters. The van der Waals surface area contributed by atoms with E-state index >= 15 is 0 Å². The number of aryl methyl sites for hydroxylation is 1. The molecule has 1 aromatic rings. The number of carbonyl (C=O) groups is 1. The van der Waals surface area contributed by atoms with E-state index in [2.05, 4.69) is 9.88 Å². The van der Waals surface area contributed by atoms with E-state index in [1.165, 1.54) is 19.3 Å². The Balaban J connectivity index is 2.13. The second-order valence-electron chi connectivity index (χ2n) is 6.02. The van der Waals surface area contributed by atoms with Gasteiger partial charge in [-0.15, -0.1) is 0 Å². The molecule has 1 aliphatic heterocycles. The van der Waals surface area contributed by atoms with Gasteiger partial charge in [0.05, 0.1) is 12.8 Å². The Bertz CT molecular complexity index is 488. The van der Waals surface area contributed by atoms with Gasteiger partial charge >= 0.3 is 0 Å². The number of hydrogen-bond acceptors (Lipinski definition) is 4. The molecule has 1 aliphatic rings. The van der Waals surface area contributed by atoms with Crippen LogP contribution in [-0.2, 0) is 11.3 Å². The number of nitrogens with zero attached hydrogens (tertiary/aromatic N) is 2. The Hall–Kier alpha value is -1.42. The normalized spacial score (nSPS) is 20.0. The van der Waals surface area contributed by atoms with Gasteiger partial charge in [-0.3, -0.25) is 14.7 Å². The maximum atomic E-state index is 11.5. The topological polar surface area (TPSA) is 42.4 Å². The summed E-state index contributed by atoms with van der Waals surface area (Å²) in [6.07, 6.45) is 5.46. The van der Waals surface area contributed by atoms with E-state index in [4.69, 9.17) is 4.74 Å². The Morgan fingerprint density at radius 3 is 2.90 bits per heavy atom. The summed E-state index contributed by atoms with van der Waals surface area (Å²) < 4.78 is 5.33. The van der Waals surface area contributed by atoms with Gasteiger partial charge in [0.1, 0.15) is 11.5 Å². The molecule has 0 amide bonds. The van der Waals surface area contributed by atoms with E-state index in [-0.39, 0.29) is 5.78 Å². The van der Waals surface area contributed by atoms with Crippen LogP contribution in [0.2, 0.25) is 0 Å². The van der Waals surface area contributed by atoms with Crippen molar-refractivity contribution in [2.75, 3.05) is 13.7 Å². The summed E-state index contributed by atoms with van der Waals surface area (Å²) in [6.45, 7) is 5.53. The third-order valence-corrected chi connectivity index (χ3v) is 4.10. The van der Waals surface area contributed by atoms with Crippen molar-refractivity contribution in [1.82, 2.24) is 9.88 Å². The molecule has 1 saturated heterocycles. The maximum Gasteiger partial charge on any atom is 0.131 e. The van der Waals surface area contributed by atoms with Crippen molar-refractivity contribution in [3.05, 3.63) is 23.5 Å². The summed E-state index contributed by atoms with van der Waals surface area (Å²) in [5, 5.41) is 0. The molecule has 1 aromatic heterocycles. The standard InChI is InChI=1S/C17H26N2O2/c1-13-9-17(21-3)11-15(18-13)12-19-8-6-4-5-7-16(19)10-14(2)20/h9,11,16H,4-8,10,12H2,1-3H3. The molecule has 0 spiro atoms. The Morgan fingerprint density at radius 2 is 2.19 bits per heavy atom. The number of ether oxygens (including phenoxy) is 1. The number of Topliss-reactive ketones (excluding diaryl/α,β-unsaturated/α-hetero) is 1. The molecule has 1 atom stereocenters. The van der Waals surface area contributed by atoms with Gasteiger partial charge in [0.25, 0.3) is 0 Å². The molecule has 0 aliphatic carbocycles. The highest BCUT2D eigenvalue weighted by atomic mass is 16.5. The lowest BCUT2D eigenvalue weighted by Crippen LogP contribution is -2.36. The predicted octanol–water partition coefficient (Wildman–Crippen LogP) is 3.12. The summed E-state index contributed by atoms with van der Waals surface area (Å²) in [4.78, 5) is 18.6. The number of likely N-dealkylation sites (tertiary alicyclic amines) is 1. The summed E-state index contributed by atoms with van der Waals surface area (Å²) in [5.74, 6) is 1.14. The number of aromatic nitrogens is 1. The van der Waals surface area contributed by atoms with Crippen molar-refractivity contribution >= 4 is 5.78 Å². The van der Waals surface area contributed by atoms with Crippen molar-refractivity contribution in [1.29, 1.82) is 0 Å². The van der Waals surface area contributed by atoms with Gasteiger partial charge in [-0.05, 0) is 33.2 Å². The molecule has 116 valence electrons. The summed E-state index contributed by atoms with van der Waals surface area (Å²) in [6, 6.07) is 4.31. The first-order valence-electron chi connectivity index (χ1n) is 7.83. The highest BCUT2D eigenvalue weighted by Gasteiger charge is 2.22. The molecule has 0 aromatic carbocycles. The molecule has 1 fully saturated rings. The van der Waals surface area contributed by atoms with E-state index < -0.39 is 0 Å². The zero-order chi connectivity index (χ0) is 15.2. The minimum absolute atomic E-state index is 0.279. The molecule has 4 heteroatoms. The Kier molecular flexibility index (Phi) is 5.74. The largest absolute Gasteiger partial charge is 0.497 e. The zero-order valence-corrected chi connectivity index (χ0v) is 13.4. The average Bonchev–Trinajstić information content (AvgIpc) is 2.63. The molecular formula is C17H26N2O2. The minimum Gasteiger partial charge on any atom is -0.497 e. The number of methoxy groups -OCH3 is 1. The lowest BCUT2D eigenvalue weighted by atomic mass is 10.0. The van der Waals surface area contributed by atoms with E-state index in [1.807, 2.05) is 19.1 Å². The molecule has 0 bridgehead atoms. The number of carbonyl (C=O) groups excluding carboxylic acids is 1. The van der Waals surface area contributed by atoms with Crippen molar-refractivity contribution in [3.8, 4) is 5.75 Å². The lowest BCUT2D eigenvalue weighted by molar-refractivity contribution is -0.118. The third kappa shape index (κ3) is 4.81. The smallest absolute Gasteiger partial charge is 0.131 e. The first-order chi connectivity index (χ1) is 10.1. The fraction of sp³-hybridized carbons (Fsp3) is 0.647. The third-order valence-electron chi connectivity index (χ3n) is 4.10. The fourth-order valence-electron chi connectivity index (χ4n) is 3.12. The van der Waals surface area contributed by atoms with Gasteiger partial charge in [0, 0.05) is 36.8 Å². The highest BCUT2D eigenvalue weighted by Crippen LogP contribution is 2.23. The molecule has 0 saturated carbocycles. The van der Waals surface area contributed by atoms with Crippen molar-refractivity contribution in [2.45, 2.75) is 58.5 Å². The predicted molar refractivity (Wildman–Crippen MR) is 83.5 cm³/mol. The maximum absolute atomic E-state index is 11.5. The molecule has 2 heterocycles. The second kappa shape index (κ2) is 7.55. The molecule has 0 N–H and O–H groups in total. The van der Waals surface area contributed by atoms with Crippen LogP contribution in [0.15, 0.2) is 12.1 Å². The van der Waals surface area contributed by atoms with Gasteiger partial charge < -0.3 is 4.74 Å². The molecular weight excluding hydrogens is 264 g/mol. The molecule has 4 nitrogen and oxygen atoms in total. The molecule has 21 heavy (non-hydrogen) atoms. The number of hydrogen-bond donors (Lipinski definition) is 0. The van der Waals surface area contributed by atoms with Crippen LogP contribution in [0.25, 0.3) is 0 Å². The Morgan fingerprint density at radius 1 is 1.38 bits per heavy atom. The van der Waals surface area contributed by atoms with Crippen LogP contribution < -0.4 is 4.74 Å². The van der Waals surface area contributed by atoms with Crippen LogP contribution >= 0.6 is 0 Å². The van der Waals surface area contributed by atoms with Gasteiger partial charge in [-0.2, -0.15) is 0 Å². The van der Waals surface area contributed by atoms with Crippen molar-refractivity contribution in [3.63, 3.8) is 0 Å². The van der Waals surface area contributed by atoms with E-state index in [1.54, 1.807) is 14.0 Å². The first kappa shape index (κ1) is 16.0. The second-order valence-corrected chi connectivity index (χ2v) is 6.02. The number of pyridine rings is 1. The minimum atomic E-state index is 0.279. The zero-order valence-electron chi connectivity index (χ0n) is 13.4. The molecule has 0 radical (unpaired) electrons. The van der Waals surface area contributed by atoms with E-state index in [0.717, 1.165) is 36.6 Å². The Labute approximate surface area is 127 Å². The summed E-state index contributed by atoms with van der Waals surface area (Å²) >= 11 is 0. The SMILES string of the molecule is COc1cc(C)nc(CN2CCCCCC2CC(C)=O)c1. The summed E-state index contributed by atoms with van der Waals surface area (Å²) in [7, 11) is 1.68. The van der Waals surface area contributed by atoms with Crippen molar-refractivity contribution in [2.24, 2.45) is 0 Å². The number of ketones is 1. The van der Waals surface area contributed by atoms with Crippen LogP contribution in [0.1, 0.15) is 50.4 Å². The monoisotopic (exact) mass is 290 g/mol. The average molecular weight is 290 g/mol. The number of rotatable bonds is 5. The van der Waals surface area contributed by atoms with E-state index in [0.29, 0.717) is 12.5 Å². The van der Waals surface area contributed by atoms with Gasteiger partial charge in [-0.25, -0.2) is 0 Å². The quantitative estimate of drug-likeness (QED) is 0.835. The fourth-order valence-corrected chi connectivity index (χ4v) is 3.12. The van der Waals surface area contributed by atoms with Gasteiger partial charge in [0.15, 0.2) is 0 Å². The van der Waals surface area contributed by atoms with Crippen LogP contribution in [-0.4, -0.2) is 35.4 Å². The van der Waals surface area contributed by atoms with Gasteiger partial charge in [-0.1, -0.05) is 12.8 Å². The van der Waals surface area contributed by atoms with Crippen LogP contribution in [0.3, 0.4) is 0 Å². The summed E-state index contributed by atoms with van der Waals surface area (Å²) in [5.41, 5.74) is 2.00. The van der Waals surface area contributed by atoms with Crippen LogP contribution in [0.5, 0.6) is 5.75 Å². The van der Waals surface area contributed by atoms with Crippen LogP contribution in [0.4, 0.5) is 0 Å². The lowest BCUT2D eigenvalue weighted by Gasteiger charge is -2.29. The molecule has 2 rings (SSSR count). The van der Waals surface area contributed by atoms with Gasteiger partial charge in [0.2, 0.25) is 0 Å². The van der Waals surface area contributed by atoms with E-state index in [9.17, 15) is 4.79 Å².